The number of nitrogens with zero attached hydrogens (tertiary/aromatic N) is 1. The van der Waals surface area contributed by atoms with E-state index in [1.165, 1.54) is 7.11 Å². The summed E-state index contributed by atoms with van der Waals surface area (Å²) < 4.78 is 12.6. The molecule has 0 aliphatic heterocycles. The molecule has 2 aromatic carbocycles. The first-order chi connectivity index (χ1) is 14.5. The fourth-order valence-electron chi connectivity index (χ4n) is 3.05. The topological polar surface area (TPSA) is 57.5 Å². The van der Waals surface area contributed by atoms with Crippen LogP contribution in [0.4, 0.5) is 0 Å². The van der Waals surface area contributed by atoms with Gasteiger partial charge in [-0.2, -0.15) is 0 Å². The quantitative estimate of drug-likeness (QED) is 0.467. The second-order valence-corrected chi connectivity index (χ2v) is 7.46. The number of hydrogen-bond acceptors (Lipinski definition) is 4. The first kappa shape index (κ1) is 21.6. The predicted molar refractivity (Wildman–Crippen MR) is 122 cm³/mol. The van der Waals surface area contributed by atoms with Crippen molar-refractivity contribution in [2.45, 2.75) is 13.0 Å². The van der Waals surface area contributed by atoms with Crippen molar-refractivity contribution in [2.75, 3.05) is 14.2 Å². The highest BCUT2D eigenvalue weighted by molar-refractivity contribution is 9.10. The van der Waals surface area contributed by atoms with Gasteiger partial charge >= 0.3 is 5.97 Å². The number of pyridine rings is 1. The second-order valence-electron chi connectivity index (χ2n) is 6.60. The van der Waals surface area contributed by atoms with E-state index in [0.29, 0.717) is 18.5 Å². The number of aryl methyl sites for hydroxylation is 1. The first-order valence-corrected chi connectivity index (χ1v) is 10.2. The van der Waals surface area contributed by atoms with Crippen LogP contribution in [0.3, 0.4) is 0 Å². The number of methoxy groups -OCH3 is 2. The average Bonchev–Trinajstić information content (AvgIpc) is 2.78. The van der Waals surface area contributed by atoms with Crippen LogP contribution >= 0.6 is 15.9 Å². The number of hydrogen-bond donors (Lipinski definition) is 0. The molecule has 1 heterocycles. The number of esters is 1. The van der Waals surface area contributed by atoms with Crippen molar-refractivity contribution in [1.29, 1.82) is 0 Å². The normalized spacial score (nSPS) is 10.9. The third-order valence-electron chi connectivity index (χ3n) is 4.70. The van der Waals surface area contributed by atoms with Gasteiger partial charge in [0, 0.05) is 17.1 Å². The van der Waals surface area contributed by atoms with Crippen molar-refractivity contribution >= 4 is 34.1 Å². The van der Waals surface area contributed by atoms with Crippen molar-refractivity contribution in [2.24, 2.45) is 0 Å². The highest BCUT2D eigenvalue weighted by Gasteiger charge is 2.08. The third-order valence-corrected chi connectivity index (χ3v) is 5.37. The van der Waals surface area contributed by atoms with Crippen LogP contribution in [0.2, 0.25) is 0 Å². The molecule has 154 valence electrons. The van der Waals surface area contributed by atoms with E-state index >= 15 is 0 Å². The molecule has 0 radical (unpaired) electrons. The summed E-state index contributed by atoms with van der Waals surface area (Å²) in [4.78, 5) is 24.1. The molecule has 3 aromatic rings. The highest BCUT2D eigenvalue weighted by Crippen LogP contribution is 2.20. The van der Waals surface area contributed by atoms with Crippen molar-refractivity contribution in [1.82, 2.24) is 4.57 Å². The minimum absolute atomic E-state index is 0.0744. The van der Waals surface area contributed by atoms with Crippen molar-refractivity contribution < 1.29 is 14.3 Å². The Morgan fingerprint density at radius 2 is 1.80 bits per heavy atom. The summed E-state index contributed by atoms with van der Waals surface area (Å²) in [5.74, 6) is 0.409. The smallest absolute Gasteiger partial charge is 0.337 e. The summed E-state index contributed by atoms with van der Waals surface area (Å²) >= 11 is 3.56. The van der Waals surface area contributed by atoms with Crippen LogP contribution in [0.25, 0.3) is 12.2 Å². The molecule has 0 bridgehead atoms. The molecule has 30 heavy (non-hydrogen) atoms. The Morgan fingerprint density at radius 3 is 2.50 bits per heavy atom. The fraction of sp³-hybridized carbons (Fsp3) is 0.167. The lowest BCUT2D eigenvalue weighted by Gasteiger charge is -2.12. The molecule has 0 atom stereocenters. The van der Waals surface area contributed by atoms with Gasteiger partial charge in [0.1, 0.15) is 5.75 Å². The van der Waals surface area contributed by atoms with Gasteiger partial charge in [0.25, 0.3) is 5.56 Å². The van der Waals surface area contributed by atoms with E-state index in [9.17, 15) is 9.59 Å². The average molecular weight is 468 g/mol. The van der Waals surface area contributed by atoms with Crippen LogP contribution < -0.4 is 10.3 Å². The van der Waals surface area contributed by atoms with Gasteiger partial charge in [0.05, 0.1) is 25.5 Å². The number of rotatable bonds is 7. The molecule has 5 nitrogen and oxygen atoms in total. The van der Waals surface area contributed by atoms with Crippen molar-refractivity contribution in [3.8, 4) is 5.75 Å². The number of carbonyl (C=O) groups is 1. The Kier molecular flexibility index (Phi) is 7.25. The van der Waals surface area contributed by atoms with Crippen LogP contribution in [0.15, 0.2) is 69.9 Å². The molecule has 0 fully saturated rings. The monoisotopic (exact) mass is 467 g/mol. The highest BCUT2D eigenvalue weighted by atomic mass is 79.9. The van der Waals surface area contributed by atoms with Crippen LogP contribution in [0.5, 0.6) is 5.75 Å². The van der Waals surface area contributed by atoms with Gasteiger partial charge in [-0.25, -0.2) is 4.79 Å². The third kappa shape index (κ3) is 5.27. The SMILES string of the molecule is COC(=O)c1ccc(CCn2c(/C=C/c3cccc(OC)c3)c(Br)ccc2=O)cc1. The lowest BCUT2D eigenvalue weighted by Crippen LogP contribution is -2.22. The van der Waals surface area contributed by atoms with E-state index in [0.717, 1.165) is 27.0 Å². The number of halogens is 1. The Bertz CT molecular complexity index is 1120. The molecule has 0 saturated heterocycles. The predicted octanol–water partition coefficient (Wildman–Crippen LogP) is 4.82. The van der Waals surface area contributed by atoms with Crippen LogP contribution in [0.1, 0.15) is 27.2 Å². The van der Waals surface area contributed by atoms with E-state index in [-0.39, 0.29) is 11.5 Å². The van der Waals surface area contributed by atoms with E-state index in [1.54, 1.807) is 35.9 Å². The summed E-state index contributed by atoms with van der Waals surface area (Å²) in [5.41, 5.74) is 3.22. The molecule has 0 aliphatic carbocycles. The van der Waals surface area contributed by atoms with Gasteiger partial charge < -0.3 is 14.0 Å². The van der Waals surface area contributed by atoms with Crippen molar-refractivity contribution in [3.63, 3.8) is 0 Å². The number of ether oxygens (including phenoxy) is 2. The Morgan fingerprint density at radius 1 is 1.03 bits per heavy atom. The van der Waals surface area contributed by atoms with Crippen molar-refractivity contribution in [3.05, 3.63) is 97.9 Å². The van der Waals surface area contributed by atoms with Crippen LogP contribution in [-0.2, 0) is 17.7 Å². The minimum Gasteiger partial charge on any atom is -0.497 e. The summed E-state index contributed by atoms with van der Waals surface area (Å²) in [6.07, 6.45) is 4.52. The summed E-state index contributed by atoms with van der Waals surface area (Å²) in [7, 11) is 2.99. The molecular formula is C24H22BrNO4. The number of aromatic nitrogens is 1. The van der Waals surface area contributed by atoms with Crippen LogP contribution in [-0.4, -0.2) is 24.8 Å². The molecule has 0 unspecified atom stereocenters. The maximum absolute atomic E-state index is 12.5. The zero-order valence-electron chi connectivity index (χ0n) is 16.8. The first-order valence-electron chi connectivity index (χ1n) is 9.40. The zero-order chi connectivity index (χ0) is 21.5. The van der Waals surface area contributed by atoms with Gasteiger partial charge in [-0.05, 0) is 69.9 Å². The zero-order valence-corrected chi connectivity index (χ0v) is 18.4. The van der Waals surface area contributed by atoms with E-state index in [4.69, 9.17) is 9.47 Å². The molecular weight excluding hydrogens is 446 g/mol. The van der Waals surface area contributed by atoms with E-state index < -0.39 is 0 Å². The number of benzene rings is 2. The molecule has 0 amide bonds. The van der Waals surface area contributed by atoms with Gasteiger partial charge in [0.15, 0.2) is 0 Å². The lowest BCUT2D eigenvalue weighted by molar-refractivity contribution is 0.0600. The Labute approximate surface area is 183 Å². The fourth-order valence-corrected chi connectivity index (χ4v) is 3.53. The standard InChI is InChI=1S/C24H22BrNO4/c1-29-20-5-3-4-18(16-20)8-12-22-21(25)11-13-23(27)26(22)15-14-17-6-9-19(10-7-17)24(28)30-2/h3-13,16H,14-15H2,1-2H3/b12-8+. The molecule has 0 saturated carbocycles. The second kappa shape index (κ2) is 10.1. The summed E-state index contributed by atoms with van der Waals surface area (Å²) in [6, 6.07) is 18.2. The molecule has 3 rings (SSSR count). The van der Waals surface area contributed by atoms with Gasteiger partial charge in [-0.3, -0.25) is 4.79 Å². The summed E-state index contributed by atoms with van der Waals surface area (Å²) in [5, 5.41) is 0. The Balaban J connectivity index is 1.83. The van der Waals surface area contributed by atoms with Gasteiger partial charge in [0.2, 0.25) is 0 Å². The molecule has 6 heteroatoms. The maximum Gasteiger partial charge on any atom is 0.337 e. The van der Waals surface area contributed by atoms with Gasteiger partial charge in [-0.1, -0.05) is 30.3 Å². The summed E-state index contributed by atoms with van der Waals surface area (Å²) in [6.45, 7) is 0.508. The van der Waals surface area contributed by atoms with Gasteiger partial charge in [-0.15, -0.1) is 0 Å². The number of carbonyl (C=O) groups excluding carboxylic acids is 1. The van der Waals surface area contributed by atoms with E-state index in [2.05, 4.69) is 15.9 Å². The Hall–Kier alpha value is -3.12. The molecule has 0 N–H and O–H groups in total. The molecule has 0 spiro atoms. The lowest BCUT2D eigenvalue weighted by atomic mass is 10.1. The van der Waals surface area contributed by atoms with Crippen LogP contribution in [0, 0.1) is 0 Å². The molecule has 0 aliphatic rings. The van der Waals surface area contributed by atoms with E-state index in [1.807, 2.05) is 48.6 Å². The maximum atomic E-state index is 12.5. The largest absolute Gasteiger partial charge is 0.497 e. The molecule has 1 aromatic heterocycles. The minimum atomic E-state index is -0.366.